The summed E-state index contributed by atoms with van der Waals surface area (Å²) in [7, 11) is -1.08. The molecule has 1 unspecified atom stereocenters. The van der Waals surface area contributed by atoms with Crippen molar-refractivity contribution in [1.82, 2.24) is 4.90 Å². The van der Waals surface area contributed by atoms with Crippen LogP contribution in [0.25, 0.3) is 0 Å². The molecule has 0 aliphatic heterocycles. The van der Waals surface area contributed by atoms with Crippen LogP contribution >= 0.6 is 0 Å². The van der Waals surface area contributed by atoms with Gasteiger partial charge in [0.15, 0.2) is 0 Å². The number of amides is 1. The first-order valence-electron chi connectivity index (χ1n) is 5.48. The van der Waals surface area contributed by atoms with Crippen molar-refractivity contribution in [3.63, 3.8) is 0 Å². The number of nitrogens with zero attached hydrogens (tertiary/aromatic N) is 1. The predicted octanol–water partition coefficient (Wildman–Crippen LogP) is 1.93. The Balaban J connectivity index is 2.63. The zero-order valence-electron chi connectivity index (χ0n) is 9.96. The number of hydrogen-bond donors (Lipinski definition) is 0. The molecule has 1 rings (SSSR count). The third-order valence-corrected chi connectivity index (χ3v) is 3.56. The molecular weight excluding hydrogens is 234 g/mol. The standard InChI is InChI=1S/C13H17NO2S/c1-3-14(13(15)11-17(16)4-2)10-12-8-6-5-7-9-12/h3,5-9H,1,4,10-11H2,2H3. The van der Waals surface area contributed by atoms with Gasteiger partial charge in [-0.3, -0.25) is 9.00 Å². The smallest absolute Gasteiger partial charge is 0.239 e. The van der Waals surface area contributed by atoms with Gasteiger partial charge in [-0.15, -0.1) is 0 Å². The minimum atomic E-state index is -1.08. The largest absolute Gasteiger partial charge is 0.314 e. The summed E-state index contributed by atoms with van der Waals surface area (Å²) in [6.07, 6.45) is 1.49. The first-order valence-corrected chi connectivity index (χ1v) is 6.97. The normalized spacial score (nSPS) is 11.8. The summed E-state index contributed by atoms with van der Waals surface area (Å²) in [6, 6.07) is 9.66. The zero-order chi connectivity index (χ0) is 12.7. The molecule has 0 aliphatic carbocycles. The van der Waals surface area contributed by atoms with E-state index in [1.807, 2.05) is 30.3 Å². The maximum absolute atomic E-state index is 11.8. The van der Waals surface area contributed by atoms with Crippen LogP contribution in [0.1, 0.15) is 12.5 Å². The summed E-state index contributed by atoms with van der Waals surface area (Å²) < 4.78 is 11.3. The second kappa shape index (κ2) is 7.01. The van der Waals surface area contributed by atoms with Gasteiger partial charge in [0.1, 0.15) is 5.75 Å². The lowest BCUT2D eigenvalue weighted by molar-refractivity contribution is -0.126. The van der Waals surface area contributed by atoms with Crippen molar-refractivity contribution in [2.45, 2.75) is 13.5 Å². The van der Waals surface area contributed by atoms with Crippen LogP contribution in [0.3, 0.4) is 0 Å². The van der Waals surface area contributed by atoms with Gasteiger partial charge in [-0.05, 0) is 11.8 Å². The Kier molecular flexibility index (Phi) is 5.63. The minimum absolute atomic E-state index is 0.0648. The molecule has 0 aromatic heterocycles. The molecule has 0 heterocycles. The van der Waals surface area contributed by atoms with E-state index < -0.39 is 10.8 Å². The van der Waals surface area contributed by atoms with Crippen LogP contribution < -0.4 is 0 Å². The van der Waals surface area contributed by atoms with E-state index in [1.54, 1.807) is 6.92 Å². The van der Waals surface area contributed by atoms with Gasteiger partial charge >= 0.3 is 0 Å². The second-order valence-electron chi connectivity index (χ2n) is 3.56. The molecule has 1 aromatic rings. The highest BCUT2D eigenvalue weighted by Gasteiger charge is 2.13. The van der Waals surface area contributed by atoms with Gasteiger partial charge in [0.25, 0.3) is 0 Å². The average Bonchev–Trinajstić information content (AvgIpc) is 2.36. The molecule has 0 saturated carbocycles. The van der Waals surface area contributed by atoms with E-state index in [9.17, 15) is 9.00 Å². The van der Waals surface area contributed by atoms with E-state index in [0.29, 0.717) is 12.3 Å². The lowest BCUT2D eigenvalue weighted by Crippen LogP contribution is -2.29. The Labute approximate surface area is 105 Å². The van der Waals surface area contributed by atoms with Crippen molar-refractivity contribution in [1.29, 1.82) is 0 Å². The fraction of sp³-hybridized carbons (Fsp3) is 0.308. The average molecular weight is 251 g/mol. The van der Waals surface area contributed by atoms with Crippen LogP contribution in [0.4, 0.5) is 0 Å². The van der Waals surface area contributed by atoms with Crippen molar-refractivity contribution in [2.75, 3.05) is 11.5 Å². The van der Waals surface area contributed by atoms with Crippen LogP contribution in [0, 0.1) is 0 Å². The molecule has 92 valence electrons. The first kappa shape index (κ1) is 13.6. The second-order valence-corrected chi connectivity index (χ2v) is 5.31. The van der Waals surface area contributed by atoms with Crippen molar-refractivity contribution < 1.29 is 9.00 Å². The van der Waals surface area contributed by atoms with Gasteiger partial charge in [-0.25, -0.2) is 0 Å². The molecule has 0 spiro atoms. The van der Waals surface area contributed by atoms with E-state index in [1.165, 1.54) is 11.1 Å². The molecule has 1 amide bonds. The van der Waals surface area contributed by atoms with Gasteiger partial charge in [-0.2, -0.15) is 0 Å². The van der Waals surface area contributed by atoms with E-state index >= 15 is 0 Å². The third-order valence-electron chi connectivity index (χ3n) is 2.34. The number of carbonyl (C=O) groups excluding carboxylic acids is 1. The maximum atomic E-state index is 11.8. The van der Waals surface area contributed by atoms with Crippen LogP contribution in [-0.2, 0) is 22.1 Å². The van der Waals surface area contributed by atoms with Gasteiger partial charge in [0, 0.05) is 16.6 Å². The molecule has 0 radical (unpaired) electrons. The van der Waals surface area contributed by atoms with E-state index in [4.69, 9.17) is 0 Å². The summed E-state index contributed by atoms with van der Waals surface area (Å²) in [6.45, 7) is 5.90. The van der Waals surface area contributed by atoms with E-state index in [2.05, 4.69) is 6.58 Å². The predicted molar refractivity (Wildman–Crippen MR) is 70.7 cm³/mol. The molecule has 0 fully saturated rings. The molecule has 0 N–H and O–H groups in total. The summed E-state index contributed by atoms with van der Waals surface area (Å²) in [5.74, 6) is 0.418. The van der Waals surface area contributed by atoms with Gasteiger partial charge in [-0.1, -0.05) is 43.8 Å². The van der Waals surface area contributed by atoms with Crippen LogP contribution in [0.2, 0.25) is 0 Å². The van der Waals surface area contributed by atoms with Crippen LogP contribution in [-0.4, -0.2) is 26.5 Å². The number of hydrogen-bond acceptors (Lipinski definition) is 2. The Hall–Kier alpha value is -1.42. The summed E-state index contributed by atoms with van der Waals surface area (Å²) in [5.41, 5.74) is 1.03. The number of rotatable bonds is 6. The van der Waals surface area contributed by atoms with E-state index in [-0.39, 0.29) is 11.7 Å². The highest BCUT2D eigenvalue weighted by molar-refractivity contribution is 7.85. The summed E-state index contributed by atoms with van der Waals surface area (Å²) in [5, 5.41) is 0. The van der Waals surface area contributed by atoms with Gasteiger partial charge in [0.05, 0.1) is 6.54 Å². The molecule has 0 saturated heterocycles. The highest BCUT2D eigenvalue weighted by atomic mass is 32.2. The Morgan fingerprint density at radius 1 is 1.41 bits per heavy atom. The van der Waals surface area contributed by atoms with Crippen molar-refractivity contribution in [2.24, 2.45) is 0 Å². The summed E-state index contributed by atoms with van der Waals surface area (Å²) in [4.78, 5) is 13.3. The fourth-order valence-electron chi connectivity index (χ4n) is 1.36. The molecule has 1 aromatic carbocycles. The molecule has 17 heavy (non-hydrogen) atoms. The SMILES string of the molecule is C=CN(Cc1ccccc1)C(=O)CS(=O)CC. The molecule has 4 heteroatoms. The lowest BCUT2D eigenvalue weighted by atomic mass is 10.2. The fourth-order valence-corrected chi connectivity index (χ4v) is 2.00. The quantitative estimate of drug-likeness (QED) is 0.774. The van der Waals surface area contributed by atoms with Crippen LogP contribution in [0.15, 0.2) is 43.1 Å². The molecule has 0 aliphatic rings. The van der Waals surface area contributed by atoms with Crippen LogP contribution in [0.5, 0.6) is 0 Å². The topological polar surface area (TPSA) is 37.4 Å². The van der Waals surface area contributed by atoms with Crippen molar-refractivity contribution in [3.8, 4) is 0 Å². The summed E-state index contributed by atoms with van der Waals surface area (Å²) >= 11 is 0. The first-order chi connectivity index (χ1) is 8.17. The van der Waals surface area contributed by atoms with E-state index in [0.717, 1.165) is 5.56 Å². The minimum Gasteiger partial charge on any atom is -0.314 e. The monoisotopic (exact) mass is 251 g/mol. The van der Waals surface area contributed by atoms with Gasteiger partial charge < -0.3 is 4.90 Å². The molecular formula is C13H17NO2S. The third kappa shape index (κ3) is 4.53. The van der Waals surface area contributed by atoms with Gasteiger partial charge in [0.2, 0.25) is 5.91 Å². The molecule has 1 atom stereocenters. The molecule has 0 bridgehead atoms. The number of carbonyl (C=O) groups is 1. The highest BCUT2D eigenvalue weighted by Crippen LogP contribution is 2.05. The van der Waals surface area contributed by atoms with Crippen molar-refractivity contribution in [3.05, 3.63) is 48.7 Å². The number of benzene rings is 1. The lowest BCUT2D eigenvalue weighted by Gasteiger charge is -2.17. The Bertz CT molecular complexity index is 403. The zero-order valence-corrected chi connectivity index (χ0v) is 10.8. The van der Waals surface area contributed by atoms with Crippen molar-refractivity contribution >= 4 is 16.7 Å². The maximum Gasteiger partial charge on any atom is 0.239 e. The Morgan fingerprint density at radius 2 is 2.06 bits per heavy atom. The molecule has 3 nitrogen and oxygen atoms in total. The Morgan fingerprint density at radius 3 is 2.59 bits per heavy atom.